The van der Waals surface area contributed by atoms with Crippen LogP contribution in [0.3, 0.4) is 0 Å². The Balaban J connectivity index is 1.95. The molecule has 0 aromatic rings. The molecule has 0 unspecified atom stereocenters. The van der Waals surface area contributed by atoms with Crippen molar-refractivity contribution >= 4 is 0 Å². The third-order valence-electron chi connectivity index (χ3n) is 2.47. The third-order valence-corrected chi connectivity index (χ3v) is 2.47. The van der Waals surface area contributed by atoms with Crippen LogP contribution in [0.25, 0.3) is 0 Å². The molecule has 2 aliphatic carbocycles. The van der Waals surface area contributed by atoms with Gasteiger partial charge in [0.2, 0.25) is 0 Å². The van der Waals surface area contributed by atoms with Crippen LogP contribution in [0.1, 0.15) is 32.1 Å². The molecular formula is C7H12. The molecule has 0 N–H and O–H groups in total. The second-order valence-corrected chi connectivity index (χ2v) is 3.04. The zero-order valence-electron chi connectivity index (χ0n) is 4.69. The van der Waals surface area contributed by atoms with E-state index in [-0.39, 0.29) is 0 Å². The molecule has 2 atom stereocenters. The largest absolute Gasteiger partial charge is 0.0530 e. The normalized spacial score (nSPS) is 48.0. The summed E-state index contributed by atoms with van der Waals surface area (Å²) < 4.78 is 0. The van der Waals surface area contributed by atoms with Gasteiger partial charge in [-0.25, -0.2) is 0 Å². The van der Waals surface area contributed by atoms with Crippen LogP contribution in [0.4, 0.5) is 0 Å². The monoisotopic (exact) mass is 96.1 g/mol. The van der Waals surface area contributed by atoms with Gasteiger partial charge in [0.1, 0.15) is 0 Å². The Morgan fingerprint density at radius 1 is 0.857 bits per heavy atom. The van der Waals surface area contributed by atoms with E-state index < -0.39 is 0 Å². The summed E-state index contributed by atoms with van der Waals surface area (Å²) in [5.74, 6) is 2.41. The van der Waals surface area contributed by atoms with Gasteiger partial charge in [-0.1, -0.05) is 25.7 Å². The fourth-order valence-electron chi connectivity index (χ4n) is 1.83. The summed E-state index contributed by atoms with van der Waals surface area (Å²) in [5.41, 5.74) is 0. The molecule has 0 saturated heterocycles. The molecule has 0 spiro atoms. The maximum atomic E-state index is 1.58. The van der Waals surface area contributed by atoms with E-state index >= 15 is 0 Å². The third kappa shape index (κ3) is 0.568. The van der Waals surface area contributed by atoms with Crippen molar-refractivity contribution in [2.75, 3.05) is 0 Å². The van der Waals surface area contributed by atoms with Gasteiger partial charge >= 0.3 is 0 Å². The zero-order valence-corrected chi connectivity index (χ0v) is 4.69. The highest BCUT2D eigenvalue weighted by molar-refractivity contribution is 4.88. The van der Waals surface area contributed by atoms with Crippen LogP contribution >= 0.6 is 0 Å². The first-order valence-electron chi connectivity index (χ1n) is 3.47. The summed E-state index contributed by atoms with van der Waals surface area (Å²) in [6.07, 6.45) is 7.76. The molecule has 2 aliphatic rings. The minimum Gasteiger partial charge on any atom is -0.0530 e. The Kier molecular flexibility index (Phi) is 0.697. The van der Waals surface area contributed by atoms with Crippen LogP contribution in [0.5, 0.6) is 0 Å². The lowest BCUT2D eigenvalue weighted by Crippen LogP contribution is -1.91. The Bertz CT molecular complexity index is 66.1. The Morgan fingerprint density at radius 2 is 1.43 bits per heavy atom. The maximum absolute atomic E-state index is 1.58. The van der Waals surface area contributed by atoms with Crippen molar-refractivity contribution < 1.29 is 0 Å². The highest BCUT2D eigenvalue weighted by Crippen LogP contribution is 2.49. The standard InChI is InChI=1S/C7H12/c1-2-4-7-5-6(7)3-1/h6-7H,1-5H2/t6-,7+. The van der Waals surface area contributed by atoms with Crippen molar-refractivity contribution in [2.45, 2.75) is 32.1 Å². The summed E-state index contributed by atoms with van der Waals surface area (Å²) in [5, 5.41) is 0. The van der Waals surface area contributed by atoms with Crippen LogP contribution in [-0.2, 0) is 0 Å². The number of fused-ring (bicyclic) bond motifs is 1. The van der Waals surface area contributed by atoms with E-state index in [0.717, 1.165) is 0 Å². The van der Waals surface area contributed by atoms with E-state index in [1.165, 1.54) is 24.7 Å². The van der Waals surface area contributed by atoms with Crippen LogP contribution in [0.15, 0.2) is 0 Å². The summed E-state index contributed by atoms with van der Waals surface area (Å²) in [4.78, 5) is 0. The predicted octanol–water partition coefficient (Wildman–Crippen LogP) is 2.20. The second-order valence-electron chi connectivity index (χ2n) is 3.04. The van der Waals surface area contributed by atoms with Gasteiger partial charge in [-0.3, -0.25) is 0 Å². The van der Waals surface area contributed by atoms with Crippen molar-refractivity contribution in [1.29, 1.82) is 0 Å². The topological polar surface area (TPSA) is 0 Å². The lowest BCUT2D eigenvalue weighted by atomic mass is 10.0. The van der Waals surface area contributed by atoms with Gasteiger partial charge in [0.25, 0.3) is 0 Å². The minimum absolute atomic E-state index is 1.20. The first kappa shape index (κ1) is 3.94. The quantitative estimate of drug-likeness (QED) is 0.433. The van der Waals surface area contributed by atoms with Gasteiger partial charge in [-0.15, -0.1) is 0 Å². The van der Waals surface area contributed by atoms with E-state index in [1.807, 2.05) is 0 Å². The lowest BCUT2D eigenvalue weighted by molar-refractivity contribution is 0.480. The molecule has 0 aromatic carbocycles. The van der Waals surface area contributed by atoms with Crippen molar-refractivity contribution in [3.8, 4) is 0 Å². The molecule has 2 rings (SSSR count). The molecule has 0 heteroatoms. The van der Waals surface area contributed by atoms with Gasteiger partial charge in [0.15, 0.2) is 0 Å². The molecular weight excluding hydrogens is 84.1 g/mol. The number of hydrogen-bond acceptors (Lipinski definition) is 0. The van der Waals surface area contributed by atoms with Gasteiger partial charge in [-0.05, 0) is 18.3 Å². The van der Waals surface area contributed by atoms with E-state index in [2.05, 4.69) is 0 Å². The van der Waals surface area contributed by atoms with Crippen LogP contribution in [-0.4, -0.2) is 0 Å². The Hall–Kier alpha value is 0. The Labute approximate surface area is 44.9 Å². The second kappa shape index (κ2) is 1.24. The summed E-state index contributed by atoms with van der Waals surface area (Å²) in [6.45, 7) is 0. The molecule has 0 amide bonds. The van der Waals surface area contributed by atoms with Crippen molar-refractivity contribution in [3.05, 3.63) is 0 Å². The minimum atomic E-state index is 1.20. The van der Waals surface area contributed by atoms with Gasteiger partial charge in [0, 0.05) is 0 Å². The SMILES string of the molecule is C1CC[C@H]2C[C@H]2C1. The smallest absolute Gasteiger partial charge is 0.0383 e. The Morgan fingerprint density at radius 3 is 1.86 bits per heavy atom. The summed E-state index contributed by atoms with van der Waals surface area (Å²) >= 11 is 0. The average molecular weight is 96.2 g/mol. The van der Waals surface area contributed by atoms with E-state index in [4.69, 9.17) is 0 Å². The predicted molar refractivity (Wildman–Crippen MR) is 30.1 cm³/mol. The number of rotatable bonds is 0. The molecule has 0 heterocycles. The molecule has 0 nitrogen and oxygen atoms in total. The molecule has 2 saturated carbocycles. The summed E-state index contributed by atoms with van der Waals surface area (Å²) in [7, 11) is 0. The maximum Gasteiger partial charge on any atom is -0.0383 e. The molecule has 2 fully saturated rings. The zero-order chi connectivity index (χ0) is 4.69. The van der Waals surface area contributed by atoms with Gasteiger partial charge < -0.3 is 0 Å². The summed E-state index contributed by atoms with van der Waals surface area (Å²) in [6, 6.07) is 0. The van der Waals surface area contributed by atoms with Crippen LogP contribution in [0.2, 0.25) is 0 Å². The van der Waals surface area contributed by atoms with Gasteiger partial charge in [-0.2, -0.15) is 0 Å². The van der Waals surface area contributed by atoms with Gasteiger partial charge in [0.05, 0.1) is 0 Å². The van der Waals surface area contributed by atoms with Crippen molar-refractivity contribution in [1.82, 2.24) is 0 Å². The molecule has 0 radical (unpaired) electrons. The molecule has 0 aromatic heterocycles. The number of hydrogen-bond donors (Lipinski definition) is 0. The lowest BCUT2D eigenvalue weighted by Gasteiger charge is -2.05. The molecule has 7 heavy (non-hydrogen) atoms. The van der Waals surface area contributed by atoms with E-state index in [9.17, 15) is 0 Å². The molecule has 0 aliphatic heterocycles. The molecule has 40 valence electrons. The van der Waals surface area contributed by atoms with Crippen LogP contribution in [0, 0.1) is 11.8 Å². The fourth-order valence-corrected chi connectivity index (χ4v) is 1.83. The molecule has 0 bridgehead atoms. The fraction of sp³-hybridized carbons (Fsp3) is 1.00. The van der Waals surface area contributed by atoms with Crippen molar-refractivity contribution in [3.63, 3.8) is 0 Å². The first-order chi connectivity index (χ1) is 3.47. The highest BCUT2D eigenvalue weighted by atomic mass is 14.4. The van der Waals surface area contributed by atoms with Crippen molar-refractivity contribution in [2.24, 2.45) is 11.8 Å². The average Bonchev–Trinajstić information content (AvgIpc) is 2.41. The highest BCUT2D eigenvalue weighted by Gasteiger charge is 2.37. The van der Waals surface area contributed by atoms with E-state index in [1.54, 1.807) is 19.3 Å². The van der Waals surface area contributed by atoms with Crippen LogP contribution < -0.4 is 0 Å². The van der Waals surface area contributed by atoms with E-state index in [0.29, 0.717) is 0 Å². The first-order valence-corrected chi connectivity index (χ1v) is 3.47.